The number of hydrogen-bond donors (Lipinski definition) is 9. The number of aliphatic hydroxyl groups is 1. The lowest BCUT2D eigenvalue weighted by molar-refractivity contribution is -0.143. The minimum atomic E-state index is -1.62. The van der Waals surface area contributed by atoms with E-state index < -0.39 is 54.5 Å². The molecular weight excluding hydrogens is 582 g/mol. The molecule has 13 heteroatoms. The zero-order valence-corrected chi connectivity index (χ0v) is 24.1. The Morgan fingerprint density at radius 2 is 1.18 bits per heavy atom. The van der Waals surface area contributed by atoms with E-state index in [-0.39, 0.29) is 30.8 Å². The second kappa shape index (κ2) is 14.9. The Labute approximate surface area is 258 Å². The third-order valence-electron chi connectivity index (χ3n) is 7.27. The molecule has 4 aromatic rings. The van der Waals surface area contributed by atoms with E-state index in [4.69, 9.17) is 5.73 Å². The van der Waals surface area contributed by atoms with Crippen LogP contribution in [0.15, 0.2) is 79.0 Å². The van der Waals surface area contributed by atoms with Gasteiger partial charge in [-0.05, 0) is 53.4 Å². The summed E-state index contributed by atoms with van der Waals surface area (Å²) in [6.45, 7) is -0.880. The van der Waals surface area contributed by atoms with Crippen molar-refractivity contribution in [1.82, 2.24) is 20.9 Å². The third kappa shape index (κ3) is 8.81. The number of amides is 3. The van der Waals surface area contributed by atoms with E-state index in [1.54, 1.807) is 18.3 Å². The summed E-state index contributed by atoms with van der Waals surface area (Å²) in [5.74, 6) is -3.75. The smallest absolute Gasteiger partial charge is 0.328 e. The number of fused-ring (bicyclic) bond motifs is 1. The van der Waals surface area contributed by atoms with Crippen molar-refractivity contribution in [3.8, 4) is 11.5 Å². The van der Waals surface area contributed by atoms with Crippen LogP contribution in [0.3, 0.4) is 0 Å². The first-order valence-corrected chi connectivity index (χ1v) is 14.1. The molecule has 0 radical (unpaired) electrons. The van der Waals surface area contributed by atoms with Crippen LogP contribution in [0.1, 0.15) is 16.7 Å². The number of carboxylic acids is 1. The number of rotatable bonds is 14. The van der Waals surface area contributed by atoms with Gasteiger partial charge >= 0.3 is 5.97 Å². The first-order valence-electron chi connectivity index (χ1n) is 14.1. The molecule has 1 aromatic heterocycles. The Morgan fingerprint density at radius 1 is 0.689 bits per heavy atom. The number of phenols is 2. The van der Waals surface area contributed by atoms with Gasteiger partial charge in [0.25, 0.3) is 0 Å². The molecular formula is C32H35N5O8. The lowest BCUT2D eigenvalue weighted by Gasteiger charge is -2.25. The van der Waals surface area contributed by atoms with Gasteiger partial charge in [0.1, 0.15) is 29.6 Å². The standard InChI is InChI=1S/C32H35N5O8/c33-24(15-20-16-34-25-4-2-1-3-23(20)25)29(41)35-26(13-18-5-9-21(39)10-6-18)30(42)36-27(14-19-7-11-22(40)12-8-19)31(43)37-28(17-38)32(44)45/h1-12,16,24,26-28,34,38-40H,13-15,17,33H2,(H,35,41)(H,36,42)(H,37,43)(H,44,45). The number of carbonyl (C=O) groups excluding carboxylic acids is 3. The molecule has 3 amide bonds. The van der Waals surface area contributed by atoms with Gasteiger partial charge in [0, 0.05) is 29.9 Å². The van der Waals surface area contributed by atoms with E-state index in [0.717, 1.165) is 16.5 Å². The first kappa shape index (κ1) is 32.5. The number of benzene rings is 3. The van der Waals surface area contributed by atoms with Crippen LogP contribution >= 0.6 is 0 Å². The highest BCUT2D eigenvalue weighted by Crippen LogP contribution is 2.19. The molecule has 0 fully saturated rings. The second-order valence-electron chi connectivity index (χ2n) is 10.6. The topological polar surface area (TPSA) is 227 Å². The van der Waals surface area contributed by atoms with Crippen molar-refractivity contribution >= 4 is 34.6 Å². The van der Waals surface area contributed by atoms with Gasteiger partial charge in [-0.25, -0.2) is 4.79 Å². The van der Waals surface area contributed by atoms with E-state index in [1.807, 2.05) is 24.3 Å². The molecule has 4 unspecified atom stereocenters. The van der Waals surface area contributed by atoms with E-state index in [1.165, 1.54) is 36.4 Å². The molecule has 3 aromatic carbocycles. The van der Waals surface area contributed by atoms with Crippen LogP contribution in [-0.2, 0) is 38.4 Å². The summed E-state index contributed by atoms with van der Waals surface area (Å²) in [6, 6.07) is 14.2. The Balaban J connectivity index is 1.55. The van der Waals surface area contributed by atoms with E-state index >= 15 is 0 Å². The highest BCUT2D eigenvalue weighted by atomic mass is 16.4. The molecule has 0 aliphatic heterocycles. The number of aromatic nitrogens is 1. The Kier molecular flexibility index (Phi) is 10.7. The summed E-state index contributed by atoms with van der Waals surface area (Å²) in [5, 5.41) is 46.4. The summed E-state index contributed by atoms with van der Waals surface area (Å²) >= 11 is 0. The number of para-hydroxylation sites is 1. The number of nitrogens with one attached hydrogen (secondary N) is 4. The quantitative estimate of drug-likeness (QED) is 0.0956. The van der Waals surface area contributed by atoms with Crippen molar-refractivity contribution in [2.45, 2.75) is 43.4 Å². The van der Waals surface area contributed by atoms with Crippen molar-refractivity contribution in [2.75, 3.05) is 6.61 Å². The maximum Gasteiger partial charge on any atom is 0.328 e. The molecule has 1 heterocycles. The Bertz CT molecular complexity index is 1640. The van der Waals surface area contributed by atoms with Gasteiger partial charge in [0.05, 0.1) is 12.6 Å². The van der Waals surface area contributed by atoms with Crippen molar-refractivity contribution in [2.24, 2.45) is 5.73 Å². The predicted molar refractivity (Wildman–Crippen MR) is 164 cm³/mol. The van der Waals surface area contributed by atoms with E-state index in [9.17, 15) is 39.6 Å². The van der Waals surface area contributed by atoms with Gasteiger partial charge in [0.15, 0.2) is 0 Å². The monoisotopic (exact) mass is 617 g/mol. The van der Waals surface area contributed by atoms with Crippen molar-refractivity contribution in [3.63, 3.8) is 0 Å². The summed E-state index contributed by atoms with van der Waals surface area (Å²) in [4.78, 5) is 54.8. The van der Waals surface area contributed by atoms with Crippen LogP contribution in [-0.4, -0.2) is 79.9 Å². The van der Waals surface area contributed by atoms with Crippen LogP contribution in [0, 0.1) is 0 Å². The zero-order chi connectivity index (χ0) is 32.5. The number of aliphatic hydroxyl groups excluding tert-OH is 1. The number of phenolic OH excluding ortho intramolecular Hbond substituents is 2. The fourth-order valence-electron chi connectivity index (χ4n) is 4.79. The molecule has 0 saturated heterocycles. The molecule has 0 saturated carbocycles. The van der Waals surface area contributed by atoms with Crippen molar-refractivity contribution in [1.29, 1.82) is 0 Å². The molecule has 4 rings (SSSR count). The van der Waals surface area contributed by atoms with E-state index in [2.05, 4.69) is 20.9 Å². The summed E-state index contributed by atoms with van der Waals surface area (Å²) in [5.41, 5.74) is 9.09. The highest BCUT2D eigenvalue weighted by Gasteiger charge is 2.31. The molecule has 0 bridgehead atoms. The minimum Gasteiger partial charge on any atom is -0.508 e. The number of aromatic hydroxyl groups is 2. The molecule has 236 valence electrons. The maximum atomic E-state index is 13.7. The Morgan fingerprint density at radius 3 is 1.69 bits per heavy atom. The van der Waals surface area contributed by atoms with Gasteiger partial charge in [-0.15, -0.1) is 0 Å². The van der Waals surface area contributed by atoms with Crippen molar-refractivity contribution in [3.05, 3.63) is 95.7 Å². The first-order chi connectivity index (χ1) is 21.5. The number of hydrogen-bond acceptors (Lipinski definition) is 8. The largest absolute Gasteiger partial charge is 0.508 e. The minimum absolute atomic E-state index is 0.00652. The summed E-state index contributed by atoms with van der Waals surface area (Å²) < 4.78 is 0. The van der Waals surface area contributed by atoms with Gasteiger partial charge in [-0.2, -0.15) is 0 Å². The second-order valence-corrected chi connectivity index (χ2v) is 10.6. The number of H-pyrrole nitrogens is 1. The number of carboxylic acid groups (broad SMARTS) is 1. The SMILES string of the molecule is NC(Cc1c[nH]c2ccccc12)C(=O)NC(Cc1ccc(O)cc1)C(=O)NC(Cc1ccc(O)cc1)C(=O)NC(CO)C(=O)O. The van der Waals surface area contributed by atoms with Gasteiger partial charge in [-0.1, -0.05) is 42.5 Å². The average molecular weight is 618 g/mol. The fourth-order valence-corrected chi connectivity index (χ4v) is 4.79. The summed E-state index contributed by atoms with van der Waals surface area (Å²) in [6.07, 6.45) is 1.81. The molecule has 4 atom stereocenters. The predicted octanol–water partition coefficient (Wildman–Crippen LogP) is 0.466. The van der Waals surface area contributed by atoms with Crippen molar-refractivity contribution < 1.29 is 39.6 Å². The normalized spacial score (nSPS) is 13.7. The van der Waals surface area contributed by atoms with Gasteiger partial charge in [0.2, 0.25) is 17.7 Å². The van der Waals surface area contributed by atoms with Gasteiger partial charge < -0.3 is 47.1 Å². The molecule has 45 heavy (non-hydrogen) atoms. The number of nitrogens with two attached hydrogens (primary N) is 1. The fraction of sp³-hybridized carbons (Fsp3) is 0.250. The van der Waals surface area contributed by atoms with Crippen LogP contribution in [0.4, 0.5) is 0 Å². The van der Waals surface area contributed by atoms with Crippen LogP contribution < -0.4 is 21.7 Å². The lowest BCUT2D eigenvalue weighted by Crippen LogP contribution is -2.58. The molecule has 0 aliphatic carbocycles. The van der Waals surface area contributed by atoms with Crippen LogP contribution in [0.25, 0.3) is 10.9 Å². The molecule has 10 N–H and O–H groups in total. The van der Waals surface area contributed by atoms with Crippen LogP contribution in [0.2, 0.25) is 0 Å². The Hall–Kier alpha value is -5.40. The highest BCUT2D eigenvalue weighted by molar-refractivity contribution is 5.94. The molecule has 0 aliphatic rings. The average Bonchev–Trinajstić information content (AvgIpc) is 3.43. The molecule has 13 nitrogen and oxygen atoms in total. The summed E-state index contributed by atoms with van der Waals surface area (Å²) in [7, 11) is 0. The number of carbonyl (C=O) groups is 4. The zero-order valence-electron chi connectivity index (χ0n) is 24.1. The number of aliphatic carboxylic acids is 1. The van der Waals surface area contributed by atoms with Crippen LogP contribution in [0.5, 0.6) is 11.5 Å². The maximum absolute atomic E-state index is 13.7. The third-order valence-corrected chi connectivity index (χ3v) is 7.27. The van der Waals surface area contributed by atoms with Gasteiger partial charge in [-0.3, -0.25) is 14.4 Å². The van der Waals surface area contributed by atoms with E-state index in [0.29, 0.717) is 11.1 Å². The lowest BCUT2D eigenvalue weighted by atomic mass is 10.0. The molecule has 0 spiro atoms. The number of aromatic amines is 1.